The van der Waals surface area contributed by atoms with Crippen LogP contribution in [0.2, 0.25) is 0 Å². The second-order valence-corrected chi connectivity index (χ2v) is 6.29. The van der Waals surface area contributed by atoms with Crippen LogP contribution in [0.4, 0.5) is 16.2 Å². The predicted molar refractivity (Wildman–Crippen MR) is 97.4 cm³/mol. The first kappa shape index (κ1) is 16.3. The number of nitrogens with one attached hydrogen (secondary N) is 2. The lowest BCUT2D eigenvalue weighted by atomic mass is 9.96. The van der Waals surface area contributed by atoms with Crippen LogP contribution >= 0.6 is 0 Å². The number of nitrogens with zero attached hydrogens (tertiary/aromatic N) is 2. The number of urea groups is 1. The zero-order chi connectivity index (χ0) is 16.8. The van der Waals surface area contributed by atoms with E-state index in [4.69, 9.17) is 0 Å². The topological polar surface area (TPSA) is 57.3 Å². The van der Waals surface area contributed by atoms with Gasteiger partial charge in [-0.2, -0.15) is 0 Å². The lowest BCUT2D eigenvalue weighted by Crippen LogP contribution is -2.39. The number of pyridine rings is 1. The summed E-state index contributed by atoms with van der Waals surface area (Å²) in [6, 6.07) is 11.7. The van der Waals surface area contributed by atoms with Gasteiger partial charge in [0, 0.05) is 31.5 Å². The van der Waals surface area contributed by atoms with E-state index in [9.17, 15) is 4.79 Å². The maximum atomic E-state index is 12.1. The first-order chi connectivity index (χ1) is 11.7. The van der Waals surface area contributed by atoms with E-state index in [2.05, 4.69) is 26.6 Å². The monoisotopic (exact) mass is 324 g/mol. The number of piperidine rings is 1. The lowest BCUT2D eigenvalue weighted by Gasteiger charge is -2.33. The Bertz CT molecular complexity index is 666. The van der Waals surface area contributed by atoms with Crippen LogP contribution in [-0.2, 0) is 0 Å². The first-order valence-electron chi connectivity index (χ1n) is 8.48. The van der Waals surface area contributed by atoms with E-state index in [1.54, 1.807) is 6.20 Å². The van der Waals surface area contributed by atoms with Gasteiger partial charge >= 0.3 is 6.03 Å². The molecule has 0 atom stereocenters. The Morgan fingerprint density at radius 2 is 2.00 bits per heavy atom. The van der Waals surface area contributed by atoms with Gasteiger partial charge in [-0.15, -0.1) is 0 Å². The molecule has 0 aliphatic carbocycles. The molecule has 1 fully saturated rings. The van der Waals surface area contributed by atoms with Gasteiger partial charge in [0.2, 0.25) is 0 Å². The third kappa shape index (κ3) is 4.25. The molecular formula is C19H24N4O. The summed E-state index contributed by atoms with van der Waals surface area (Å²) in [5, 5.41) is 5.92. The fourth-order valence-electron chi connectivity index (χ4n) is 3.05. The van der Waals surface area contributed by atoms with Gasteiger partial charge < -0.3 is 15.5 Å². The Labute approximate surface area is 143 Å². The van der Waals surface area contributed by atoms with Crippen molar-refractivity contribution in [3.8, 4) is 0 Å². The minimum Gasteiger partial charge on any atom is -0.370 e. The molecule has 5 heteroatoms. The summed E-state index contributed by atoms with van der Waals surface area (Å²) in [6.07, 6.45) is 5.88. The van der Waals surface area contributed by atoms with Crippen molar-refractivity contribution >= 4 is 17.4 Å². The Hall–Kier alpha value is -2.56. The van der Waals surface area contributed by atoms with Crippen LogP contribution in [0, 0.1) is 12.8 Å². The van der Waals surface area contributed by atoms with Gasteiger partial charge in [-0.25, -0.2) is 4.79 Å². The van der Waals surface area contributed by atoms with E-state index in [-0.39, 0.29) is 6.03 Å². The van der Waals surface area contributed by atoms with Gasteiger partial charge in [0.15, 0.2) is 0 Å². The third-order valence-corrected chi connectivity index (χ3v) is 4.57. The molecule has 1 aromatic carbocycles. The first-order valence-corrected chi connectivity index (χ1v) is 8.48. The summed E-state index contributed by atoms with van der Waals surface area (Å²) in [5.74, 6) is 0.528. The molecule has 0 unspecified atom stereocenters. The summed E-state index contributed by atoms with van der Waals surface area (Å²) < 4.78 is 0. The van der Waals surface area contributed by atoms with Crippen molar-refractivity contribution in [1.29, 1.82) is 0 Å². The summed E-state index contributed by atoms with van der Waals surface area (Å²) in [4.78, 5) is 18.6. The average Bonchev–Trinajstić information content (AvgIpc) is 2.63. The summed E-state index contributed by atoms with van der Waals surface area (Å²) in [5.41, 5.74) is 3.11. The lowest BCUT2D eigenvalue weighted by molar-refractivity contribution is 0.248. The smallest absolute Gasteiger partial charge is 0.319 e. The van der Waals surface area contributed by atoms with Crippen molar-refractivity contribution in [2.75, 3.05) is 29.9 Å². The van der Waals surface area contributed by atoms with Crippen LogP contribution in [0.3, 0.4) is 0 Å². The Balaban J connectivity index is 1.42. The number of aryl methyl sites for hydroxylation is 1. The van der Waals surface area contributed by atoms with E-state index in [0.29, 0.717) is 5.92 Å². The largest absolute Gasteiger partial charge is 0.370 e. The van der Waals surface area contributed by atoms with Crippen LogP contribution in [0.15, 0.2) is 48.8 Å². The van der Waals surface area contributed by atoms with Crippen molar-refractivity contribution in [2.24, 2.45) is 5.92 Å². The molecule has 2 amide bonds. The molecule has 0 spiro atoms. The Kier molecular flexibility index (Phi) is 5.31. The minimum atomic E-state index is -0.126. The molecule has 24 heavy (non-hydrogen) atoms. The molecule has 126 valence electrons. The zero-order valence-corrected chi connectivity index (χ0v) is 14.0. The number of hydrogen-bond acceptors (Lipinski definition) is 3. The van der Waals surface area contributed by atoms with Gasteiger partial charge in [0.1, 0.15) is 0 Å². The van der Waals surface area contributed by atoms with Gasteiger partial charge in [0.25, 0.3) is 0 Å². The summed E-state index contributed by atoms with van der Waals surface area (Å²) >= 11 is 0. The number of anilines is 2. The van der Waals surface area contributed by atoms with E-state index < -0.39 is 0 Å². The highest BCUT2D eigenvalue weighted by Crippen LogP contribution is 2.22. The van der Waals surface area contributed by atoms with Crippen LogP contribution < -0.4 is 15.5 Å². The molecule has 1 saturated heterocycles. The molecule has 0 bridgehead atoms. The summed E-state index contributed by atoms with van der Waals surface area (Å²) in [7, 11) is 0. The number of benzene rings is 1. The van der Waals surface area contributed by atoms with E-state index in [1.807, 2.05) is 43.5 Å². The highest BCUT2D eigenvalue weighted by atomic mass is 16.2. The minimum absolute atomic E-state index is 0.126. The number of amides is 2. The molecule has 0 radical (unpaired) electrons. The van der Waals surface area contributed by atoms with Crippen LogP contribution in [0.25, 0.3) is 0 Å². The van der Waals surface area contributed by atoms with Crippen molar-refractivity contribution in [3.63, 3.8) is 0 Å². The second kappa shape index (κ2) is 7.81. The molecule has 0 saturated carbocycles. The van der Waals surface area contributed by atoms with Gasteiger partial charge in [-0.1, -0.05) is 18.2 Å². The molecule has 3 rings (SSSR count). The molecule has 5 nitrogen and oxygen atoms in total. The van der Waals surface area contributed by atoms with Crippen molar-refractivity contribution < 1.29 is 4.79 Å². The number of hydrogen-bond donors (Lipinski definition) is 2. The van der Waals surface area contributed by atoms with Gasteiger partial charge in [0.05, 0.1) is 11.9 Å². The van der Waals surface area contributed by atoms with E-state index in [1.165, 1.54) is 5.69 Å². The average molecular weight is 324 g/mol. The third-order valence-electron chi connectivity index (χ3n) is 4.57. The van der Waals surface area contributed by atoms with Crippen LogP contribution in [-0.4, -0.2) is 30.6 Å². The van der Waals surface area contributed by atoms with Crippen molar-refractivity contribution in [2.45, 2.75) is 19.8 Å². The predicted octanol–water partition coefficient (Wildman–Crippen LogP) is 3.43. The Morgan fingerprint density at radius 1 is 1.21 bits per heavy atom. The Morgan fingerprint density at radius 3 is 2.71 bits per heavy atom. The molecule has 1 aromatic heterocycles. The van der Waals surface area contributed by atoms with E-state index in [0.717, 1.165) is 43.7 Å². The number of carbonyl (C=O) groups is 1. The molecule has 2 aromatic rings. The fourth-order valence-corrected chi connectivity index (χ4v) is 3.05. The molecule has 1 aliphatic rings. The van der Waals surface area contributed by atoms with Crippen molar-refractivity contribution in [3.05, 3.63) is 54.4 Å². The fraction of sp³-hybridized carbons (Fsp3) is 0.368. The quantitative estimate of drug-likeness (QED) is 0.906. The maximum Gasteiger partial charge on any atom is 0.319 e. The van der Waals surface area contributed by atoms with Gasteiger partial charge in [-0.3, -0.25) is 4.98 Å². The summed E-state index contributed by atoms with van der Waals surface area (Å²) in [6.45, 7) is 4.73. The SMILES string of the molecule is Cc1ccccc1NC(=O)NCC1CCN(c2cccnc2)CC1. The molecule has 2 N–H and O–H groups in total. The number of rotatable bonds is 4. The van der Waals surface area contributed by atoms with Crippen LogP contribution in [0.1, 0.15) is 18.4 Å². The van der Waals surface area contributed by atoms with Gasteiger partial charge in [-0.05, 0) is 49.4 Å². The molecule has 2 heterocycles. The normalized spacial score (nSPS) is 15.1. The molecule has 1 aliphatic heterocycles. The number of para-hydroxylation sites is 1. The molecular weight excluding hydrogens is 300 g/mol. The van der Waals surface area contributed by atoms with Crippen molar-refractivity contribution in [1.82, 2.24) is 10.3 Å². The highest BCUT2D eigenvalue weighted by molar-refractivity contribution is 5.89. The second-order valence-electron chi connectivity index (χ2n) is 6.29. The number of carbonyl (C=O) groups excluding carboxylic acids is 1. The highest BCUT2D eigenvalue weighted by Gasteiger charge is 2.20. The van der Waals surface area contributed by atoms with Crippen LogP contribution in [0.5, 0.6) is 0 Å². The standard InChI is InChI=1S/C19H24N4O/c1-15-5-2-3-7-18(15)22-19(24)21-13-16-8-11-23(12-9-16)17-6-4-10-20-14-17/h2-7,10,14,16H,8-9,11-13H2,1H3,(H2,21,22,24). The maximum absolute atomic E-state index is 12.1. The number of aromatic nitrogens is 1. The zero-order valence-electron chi connectivity index (χ0n) is 14.0. The van der Waals surface area contributed by atoms with E-state index >= 15 is 0 Å².